The first kappa shape index (κ1) is 13.7. The zero-order chi connectivity index (χ0) is 13.1. The van der Waals surface area contributed by atoms with E-state index >= 15 is 0 Å². The number of carbonyl (C=O) groups excluding carboxylic acids is 1. The molecule has 1 saturated heterocycles. The molecule has 0 aromatic carbocycles. The van der Waals surface area contributed by atoms with Gasteiger partial charge in [0.1, 0.15) is 0 Å². The van der Waals surface area contributed by atoms with E-state index in [1.165, 1.54) is 11.3 Å². The van der Waals surface area contributed by atoms with Crippen LogP contribution >= 0.6 is 23.6 Å². The minimum atomic E-state index is 0.193. The van der Waals surface area contributed by atoms with E-state index in [0.717, 1.165) is 40.5 Å². The highest BCUT2D eigenvalue weighted by atomic mass is 32.1. The van der Waals surface area contributed by atoms with Crippen molar-refractivity contribution in [3.05, 3.63) is 14.5 Å². The molecule has 1 aromatic rings. The van der Waals surface area contributed by atoms with E-state index in [4.69, 9.17) is 17.0 Å². The van der Waals surface area contributed by atoms with Crippen molar-refractivity contribution < 1.29 is 9.53 Å². The highest BCUT2D eigenvalue weighted by Crippen LogP contribution is 2.18. The first-order chi connectivity index (χ1) is 8.60. The summed E-state index contributed by atoms with van der Waals surface area (Å²) in [6.07, 6.45) is 2.64. The molecular weight excluding hydrogens is 268 g/mol. The Balaban J connectivity index is 1.93. The number of carbonyl (C=O) groups is 1. The molecule has 1 fully saturated rings. The molecule has 1 aliphatic heterocycles. The van der Waals surface area contributed by atoms with Gasteiger partial charge < -0.3 is 14.6 Å². The maximum atomic E-state index is 12.2. The molecule has 4 nitrogen and oxygen atoms in total. The Morgan fingerprint density at radius 1 is 1.56 bits per heavy atom. The second kappa shape index (κ2) is 5.95. The molecule has 0 bridgehead atoms. The molecule has 2 heterocycles. The molecule has 0 atom stereocenters. The van der Waals surface area contributed by atoms with Crippen LogP contribution < -0.4 is 0 Å². The van der Waals surface area contributed by atoms with Crippen LogP contribution in [0.15, 0.2) is 0 Å². The van der Waals surface area contributed by atoms with Crippen LogP contribution in [0.2, 0.25) is 0 Å². The van der Waals surface area contributed by atoms with E-state index in [1.807, 2.05) is 11.8 Å². The molecule has 1 N–H and O–H groups in total. The van der Waals surface area contributed by atoms with E-state index in [2.05, 4.69) is 4.98 Å². The van der Waals surface area contributed by atoms with Gasteiger partial charge in [-0.3, -0.25) is 4.79 Å². The quantitative estimate of drug-likeness (QED) is 0.867. The molecule has 0 radical (unpaired) electrons. The van der Waals surface area contributed by atoms with Crippen LogP contribution in [0.5, 0.6) is 0 Å². The molecule has 100 valence electrons. The normalized spacial score (nSPS) is 17.1. The fourth-order valence-electron chi connectivity index (χ4n) is 2.20. The van der Waals surface area contributed by atoms with E-state index in [1.54, 1.807) is 7.11 Å². The average molecular weight is 286 g/mol. The lowest BCUT2D eigenvalue weighted by atomic mass is 10.1. The number of aromatic nitrogens is 1. The van der Waals surface area contributed by atoms with Crippen molar-refractivity contribution in [1.29, 1.82) is 0 Å². The van der Waals surface area contributed by atoms with Crippen LogP contribution in [-0.2, 0) is 16.0 Å². The molecule has 0 unspecified atom stereocenters. The van der Waals surface area contributed by atoms with Gasteiger partial charge in [-0.25, -0.2) is 0 Å². The van der Waals surface area contributed by atoms with Crippen LogP contribution in [0.3, 0.4) is 0 Å². The van der Waals surface area contributed by atoms with Crippen molar-refractivity contribution in [2.24, 2.45) is 0 Å². The number of nitrogens with one attached hydrogen (secondary N) is 1. The van der Waals surface area contributed by atoms with Gasteiger partial charge in [0, 0.05) is 30.8 Å². The Hall–Kier alpha value is -0.720. The largest absolute Gasteiger partial charge is 0.381 e. The van der Waals surface area contributed by atoms with Crippen LogP contribution in [0.1, 0.15) is 23.4 Å². The Labute approximate surface area is 116 Å². The summed E-state index contributed by atoms with van der Waals surface area (Å²) in [6.45, 7) is 3.56. The van der Waals surface area contributed by atoms with Gasteiger partial charge >= 0.3 is 0 Å². The summed E-state index contributed by atoms with van der Waals surface area (Å²) in [7, 11) is 1.73. The molecular formula is C12H18N2O2S2. The maximum absolute atomic E-state index is 12.2. The third kappa shape index (κ3) is 3.18. The molecule has 0 saturated carbocycles. The SMILES string of the molecule is COC1CCN(C(=O)Cc2sc(=S)[nH]c2C)CC1. The zero-order valence-corrected chi connectivity index (χ0v) is 12.3. The van der Waals surface area contributed by atoms with Gasteiger partial charge in [-0.15, -0.1) is 11.3 Å². The summed E-state index contributed by atoms with van der Waals surface area (Å²) >= 11 is 6.58. The molecule has 2 rings (SSSR count). The molecule has 0 spiro atoms. The molecule has 1 aromatic heterocycles. The topological polar surface area (TPSA) is 45.3 Å². The van der Waals surface area contributed by atoms with Crippen molar-refractivity contribution in [3.63, 3.8) is 0 Å². The number of hydrogen-bond acceptors (Lipinski definition) is 4. The number of likely N-dealkylation sites (tertiary alicyclic amines) is 1. The number of nitrogens with zero attached hydrogens (tertiary/aromatic N) is 1. The van der Waals surface area contributed by atoms with Crippen LogP contribution in [0.25, 0.3) is 0 Å². The van der Waals surface area contributed by atoms with Gasteiger partial charge in [-0.1, -0.05) is 0 Å². The number of aryl methyl sites for hydroxylation is 1. The highest BCUT2D eigenvalue weighted by Gasteiger charge is 2.23. The molecule has 0 aliphatic carbocycles. The van der Waals surface area contributed by atoms with Crippen molar-refractivity contribution in [2.75, 3.05) is 20.2 Å². The first-order valence-corrected chi connectivity index (χ1v) is 7.31. The monoisotopic (exact) mass is 286 g/mol. The van der Waals surface area contributed by atoms with Crippen LogP contribution in [-0.4, -0.2) is 42.1 Å². The average Bonchev–Trinajstić information content (AvgIpc) is 2.68. The van der Waals surface area contributed by atoms with Crippen molar-refractivity contribution in [3.8, 4) is 0 Å². The van der Waals surface area contributed by atoms with Gasteiger partial charge in [-0.05, 0) is 32.0 Å². The van der Waals surface area contributed by atoms with Crippen molar-refractivity contribution >= 4 is 29.5 Å². The Bertz CT molecular complexity index is 473. The minimum Gasteiger partial charge on any atom is -0.381 e. The fraction of sp³-hybridized carbons (Fsp3) is 0.667. The predicted octanol–water partition coefficient (Wildman–Crippen LogP) is 2.29. The summed E-state index contributed by atoms with van der Waals surface area (Å²) in [5.74, 6) is 0.193. The number of H-pyrrole nitrogens is 1. The lowest BCUT2D eigenvalue weighted by Gasteiger charge is -2.31. The summed E-state index contributed by atoms with van der Waals surface area (Å²) < 4.78 is 6.05. The molecule has 6 heteroatoms. The van der Waals surface area contributed by atoms with Gasteiger partial charge in [0.05, 0.1) is 12.5 Å². The third-order valence-electron chi connectivity index (χ3n) is 3.36. The van der Waals surface area contributed by atoms with Crippen LogP contribution in [0.4, 0.5) is 0 Å². The van der Waals surface area contributed by atoms with Crippen molar-refractivity contribution in [1.82, 2.24) is 9.88 Å². The van der Waals surface area contributed by atoms with Crippen LogP contribution in [0, 0.1) is 10.9 Å². The zero-order valence-electron chi connectivity index (χ0n) is 10.7. The number of aromatic amines is 1. The number of rotatable bonds is 3. The molecule has 18 heavy (non-hydrogen) atoms. The summed E-state index contributed by atoms with van der Waals surface area (Å²) in [5, 5.41) is 0. The Kier molecular flexibility index (Phi) is 4.53. The second-order valence-corrected chi connectivity index (χ2v) is 6.33. The second-order valence-electron chi connectivity index (χ2n) is 4.56. The lowest BCUT2D eigenvalue weighted by Crippen LogP contribution is -2.41. The Morgan fingerprint density at radius 2 is 2.22 bits per heavy atom. The van der Waals surface area contributed by atoms with Crippen molar-refractivity contribution in [2.45, 2.75) is 32.3 Å². The summed E-state index contributed by atoms with van der Waals surface area (Å²) in [5.41, 5.74) is 1.02. The third-order valence-corrected chi connectivity index (χ3v) is 4.70. The number of ether oxygens (including phenoxy) is 1. The minimum absolute atomic E-state index is 0.193. The smallest absolute Gasteiger partial charge is 0.227 e. The van der Waals surface area contributed by atoms with E-state index < -0.39 is 0 Å². The van der Waals surface area contributed by atoms with Gasteiger partial charge in [0.15, 0.2) is 3.95 Å². The maximum Gasteiger partial charge on any atom is 0.227 e. The fourth-order valence-corrected chi connectivity index (χ4v) is 3.48. The number of hydrogen-bond donors (Lipinski definition) is 1. The standard InChI is InChI=1S/C12H18N2O2S2/c1-8-10(18-12(17)13-8)7-11(15)14-5-3-9(16-2)4-6-14/h9H,3-7H2,1-2H3,(H,13,17). The highest BCUT2D eigenvalue weighted by molar-refractivity contribution is 7.73. The molecule has 1 aliphatic rings. The molecule has 1 amide bonds. The van der Waals surface area contributed by atoms with E-state index in [9.17, 15) is 4.79 Å². The van der Waals surface area contributed by atoms with Gasteiger partial charge in [0.25, 0.3) is 0 Å². The number of piperidine rings is 1. The van der Waals surface area contributed by atoms with Gasteiger partial charge in [0.2, 0.25) is 5.91 Å². The lowest BCUT2D eigenvalue weighted by molar-refractivity contribution is -0.132. The number of amides is 1. The van der Waals surface area contributed by atoms with E-state index in [-0.39, 0.29) is 5.91 Å². The Morgan fingerprint density at radius 3 is 2.72 bits per heavy atom. The first-order valence-electron chi connectivity index (χ1n) is 6.09. The van der Waals surface area contributed by atoms with E-state index in [0.29, 0.717) is 12.5 Å². The summed E-state index contributed by atoms with van der Waals surface area (Å²) in [4.78, 5) is 18.2. The predicted molar refractivity (Wildman–Crippen MR) is 74.6 cm³/mol. The number of methoxy groups -OCH3 is 1. The summed E-state index contributed by atoms with van der Waals surface area (Å²) in [6, 6.07) is 0. The van der Waals surface area contributed by atoms with Gasteiger partial charge in [-0.2, -0.15) is 0 Å². The number of thiazole rings is 1.